The van der Waals surface area contributed by atoms with Crippen LogP contribution in [0.3, 0.4) is 0 Å². The highest BCUT2D eigenvalue weighted by Gasteiger charge is 2.28. The molecular formula is C23H19Cl2NO4. The van der Waals surface area contributed by atoms with Crippen molar-refractivity contribution in [2.45, 2.75) is 13.0 Å². The minimum absolute atomic E-state index is 0.00250. The van der Waals surface area contributed by atoms with Crippen molar-refractivity contribution in [3.05, 3.63) is 93.5 Å². The largest absolute Gasteiger partial charge is 0.495 e. The van der Waals surface area contributed by atoms with Gasteiger partial charge in [0.1, 0.15) is 5.75 Å². The van der Waals surface area contributed by atoms with E-state index in [0.29, 0.717) is 17.0 Å². The van der Waals surface area contributed by atoms with Crippen molar-refractivity contribution >= 4 is 40.8 Å². The lowest BCUT2D eigenvalue weighted by Crippen LogP contribution is -2.26. The third kappa shape index (κ3) is 4.93. The van der Waals surface area contributed by atoms with Crippen LogP contribution in [0.15, 0.2) is 66.7 Å². The van der Waals surface area contributed by atoms with Crippen LogP contribution in [0.25, 0.3) is 0 Å². The summed E-state index contributed by atoms with van der Waals surface area (Å²) in [5, 5.41) is 3.06. The van der Waals surface area contributed by atoms with E-state index < -0.39 is 18.0 Å². The van der Waals surface area contributed by atoms with Gasteiger partial charge in [-0.05, 0) is 36.8 Å². The van der Waals surface area contributed by atoms with Crippen LogP contribution in [-0.2, 0) is 9.53 Å². The normalized spacial score (nSPS) is 11.5. The van der Waals surface area contributed by atoms with E-state index in [9.17, 15) is 9.59 Å². The monoisotopic (exact) mass is 443 g/mol. The highest BCUT2D eigenvalue weighted by Crippen LogP contribution is 2.30. The van der Waals surface area contributed by atoms with Gasteiger partial charge in [0, 0.05) is 5.56 Å². The fourth-order valence-electron chi connectivity index (χ4n) is 2.88. The molecule has 0 saturated carbocycles. The van der Waals surface area contributed by atoms with E-state index in [1.54, 1.807) is 48.5 Å². The zero-order chi connectivity index (χ0) is 21.7. The van der Waals surface area contributed by atoms with Crippen molar-refractivity contribution in [3.63, 3.8) is 0 Å². The van der Waals surface area contributed by atoms with Crippen LogP contribution in [0.4, 0.5) is 5.69 Å². The molecule has 154 valence electrons. The van der Waals surface area contributed by atoms with Crippen molar-refractivity contribution in [2.75, 3.05) is 12.4 Å². The Bertz CT molecular complexity index is 1050. The summed E-state index contributed by atoms with van der Waals surface area (Å²) in [4.78, 5) is 25.9. The Morgan fingerprint density at radius 1 is 0.933 bits per heavy atom. The molecule has 0 bridgehead atoms. The maximum Gasteiger partial charge on any atom is 0.342 e. The average molecular weight is 444 g/mol. The fraction of sp³-hybridized carbons (Fsp3) is 0.130. The molecule has 3 aromatic rings. The molecule has 30 heavy (non-hydrogen) atoms. The second-order valence-electron chi connectivity index (χ2n) is 6.49. The summed E-state index contributed by atoms with van der Waals surface area (Å²) in [5.41, 5.74) is 1.90. The standard InChI is InChI=1S/C23H19Cl2NO4/c1-14-11-12-19(29-2)18(13-14)26-22(27)21(15-7-4-3-5-8-15)30-23(28)20-16(24)9-6-10-17(20)25/h3-13,21H,1-2H3,(H,26,27). The summed E-state index contributed by atoms with van der Waals surface area (Å²) in [5.74, 6) is -0.853. The Morgan fingerprint density at radius 3 is 2.23 bits per heavy atom. The highest BCUT2D eigenvalue weighted by molar-refractivity contribution is 6.39. The van der Waals surface area contributed by atoms with Crippen molar-refractivity contribution in [3.8, 4) is 5.75 Å². The molecule has 0 heterocycles. The number of hydrogen-bond donors (Lipinski definition) is 1. The number of benzene rings is 3. The fourth-order valence-corrected chi connectivity index (χ4v) is 3.43. The van der Waals surface area contributed by atoms with Gasteiger partial charge in [-0.3, -0.25) is 4.79 Å². The van der Waals surface area contributed by atoms with Crippen LogP contribution < -0.4 is 10.1 Å². The van der Waals surface area contributed by atoms with Gasteiger partial charge in [0.15, 0.2) is 0 Å². The highest BCUT2D eigenvalue weighted by atomic mass is 35.5. The Labute approximate surface area is 184 Å². The van der Waals surface area contributed by atoms with E-state index in [1.807, 2.05) is 13.0 Å². The van der Waals surface area contributed by atoms with E-state index in [-0.39, 0.29) is 15.6 Å². The first-order valence-corrected chi connectivity index (χ1v) is 9.81. The van der Waals surface area contributed by atoms with Gasteiger partial charge < -0.3 is 14.8 Å². The second-order valence-corrected chi connectivity index (χ2v) is 7.30. The maximum absolute atomic E-state index is 13.1. The first-order valence-electron chi connectivity index (χ1n) is 9.06. The van der Waals surface area contributed by atoms with Gasteiger partial charge in [-0.1, -0.05) is 65.7 Å². The van der Waals surface area contributed by atoms with Gasteiger partial charge in [0.25, 0.3) is 5.91 Å². The number of ether oxygens (including phenoxy) is 2. The number of rotatable bonds is 6. The quantitative estimate of drug-likeness (QED) is 0.485. The predicted molar refractivity (Wildman–Crippen MR) is 117 cm³/mol. The van der Waals surface area contributed by atoms with Gasteiger partial charge in [-0.2, -0.15) is 0 Å². The summed E-state index contributed by atoms with van der Waals surface area (Å²) in [7, 11) is 1.51. The van der Waals surface area contributed by atoms with E-state index in [4.69, 9.17) is 32.7 Å². The molecule has 1 unspecified atom stereocenters. The number of aryl methyl sites for hydroxylation is 1. The molecule has 5 nitrogen and oxygen atoms in total. The molecule has 3 rings (SSSR count). The lowest BCUT2D eigenvalue weighted by Gasteiger charge is -2.20. The minimum atomic E-state index is -1.23. The number of halogens is 2. The van der Waals surface area contributed by atoms with Crippen molar-refractivity contribution in [2.24, 2.45) is 0 Å². The lowest BCUT2D eigenvalue weighted by molar-refractivity contribution is -0.125. The Morgan fingerprint density at radius 2 is 1.60 bits per heavy atom. The molecule has 1 atom stereocenters. The van der Waals surface area contributed by atoms with Crippen LogP contribution in [0.5, 0.6) is 5.75 Å². The topological polar surface area (TPSA) is 64.6 Å². The molecule has 0 fully saturated rings. The number of nitrogens with one attached hydrogen (secondary N) is 1. The van der Waals surface area contributed by atoms with E-state index in [2.05, 4.69) is 5.32 Å². The van der Waals surface area contributed by atoms with E-state index in [0.717, 1.165) is 5.56 Å². The number of esters is 1. The number of carbonyl (C=O) groups excluding carboxylic acids is 2. The third-order valence-corrected chi connectivity index (χ3v) is 4.98. The van der Waals surface area contributed by atoms with Gasteiger partial charge in [-0.15, -0.1) is 0 Å². The summed E-state index contributed by atoms with van der Waals surface area (Å²) in [6.45, 7) is 1.89. The zero-order valence-corrected chi connectivity index (χ0v) is 17.8. The number of hydrogen-bond acceptors (Lipinski definition) is 4. The SMILES string of the molecule is COc1ccc(C)cc1NC(=O)C(OC(=O)c1c(Cl)cccc1Cl)c1ccccc1. The molecule has 3 aromatic carbocycles. The average Bonchev–Trinajstić information content (AvgIpc) is 2.72. The lowest BCUT2D eigenvalue weighted by atomic mass is 10.1. The van der Waals surface area contributed by atoms with Gasteiger partial charge >= 0.3 is 5.97 Å². The summed E-state index contributed by atoms with van der Waals surface area (Å²) < 4.78 is 10.9. The molecule has 1 amide bonds. The first kappa shape index (κ1) is 21.7. The number of amides is 1. The molecule has 0 spiro atoms. The molecule has 1 N–H and O–H groups in total. The van der Waals surface area contributed by atoms with E-state index in [1.165, 1.54) is 19.2 Å². The molecular weight excluding hydrogens is 425 g/mol. The Balaban J connectivity index is 1.93. The van der Waals surface area contributed by atoms with Crippen LogP contribution in [0, 0.1) is 6.92 Å². The smallest absolute Gasteiger partial charge is 0.342 e. The van der Waals surface area contributed by atoms with Crippen LogP contribution in [0.2, 0.25) is 10.0 Å². The summed E-state index contributed by atoms with van der Waals surface area (Å²) in [6, 6.07) is 18.7. The van der Waals surface area contributed by atoms with E-state index >= 15 is 0 Å². The van der Waals surface area contributed by atoms with Crippen LogP contribution >= 0.6 is 23.2 Å². The summed E-state index contributed by atoms with van der Waals surface area (Å²) >= 11 is 12.2. The van der Waals surface area contributed by atoms with Crippen molar-refractivity contribution < 1.29 is 19.1 Å². The van der Waals surface area contributed by atoms with Gasteiger partial charge in [0.2, 0.25) is 6.10 Å². The molecule has 0 aliphatic rings. The molecule has 0 aromatic heterocycles. The maximum atomic E-state index is 13.1. The number of anilines is 1. The van der Waals surface area contributed by atoms with Crippen LogP contribution in [-0.4, -0.2) is 19.0 Å². The third-order valence-electron chi connectivity index (χ3n) is 4.35. The Hall–Kier alpha value is -3.02. The first-order chi connectivity index (χ1) is 14.4. The molecule has 0 aliphatic carbocycles. The summed E-state index contributed by atoms with van der Waals surface area (Å²) in [6.07, 6.45) is -1.23. The number of methoxy groups -OCH3 is 1. The molecule has 0 radical (unpaired) electrons. The molecule has 0 saturated heterocycles. The Kier molecular flexibility index (Phi) is 6.98. The second kappa shape index (κ2) is 9.65. The predicted octanol–water partition coefficient (Wildman–Crippen LogP) is 5.85. The van der Waals surface area contributed by atoms with Crippen molar-refractivity contribution in [1.82, 2.24) is 0 Å². The van der Waals surface area contributed by atoms with Crippen LogP contribution in [0.1, 0.15) is 27.6 Å². The number of carbonyl (C=O) groups is 2. The van der Waals surface area contributed by atoms with Crippen molar-refractivity contribution in [1.29, 1.82) is 0 Å². The molecule has 0 aliphatic heterocycles. The van der Waals surface area contributed by atoms with Gasteiger partial charge in [-0.25, -0.2) is 4.79 Å². The van der Waals surface area contributed by atoms with Gasteiger partial charge in [0.05, 0.1) is 28.4 Å². The molecule has 7 heteroatoms. The zero-order valence-electron chi connectivity index (χ0n) is 16.3. The minimum Gasteiger partial charge on any atom is -0.495 e.